The molecule has 0 aromatic heterocycles. The summed E-state index contributed by atoms with van der Waals surface area (Å²) in [4.78, 5) is 24.8. The van der Waals surface area contributed by atoms with Gasteiger partial charge in [0.25, 0.3) is 0 Å². The van der Waals surface area contributed by atoms with Gasteiger partial charge in [-0.05, 0) is 36.8 Å². The Morgan fingerprint density at radius 1 is 1.07 bits per heavy atom. The molecule has 5 heteroatoms. The van der Waals surface area contributed by atoms with Crippen LogP contribution in [0.25, 0.3) is 0 Å². The standard InChI is InChI=1S/C24H29NO4/c1-2-3-6-16-28-19-11-9-18(10-12-19)22(26)13-14-24(27)25-21-15-17-29-23-8-5-4-7-20(21)23/h4-5,7-12,21H,2-3,6,13-17H2,1H3,(H,25,27). The molecule has 1 aliphatic rings. The van der Waals surface area contributed by atoms with Crippen molar-refractivity contribution >= 4 is 11.7 Å². The van der Waals surface area contributed by atoms with Crippen LogP contribution in [0.2, 0.25) is 0 Å². The summed E-state index contributed by atoms with van der Waals surface area (Å²) >= 11 is 0. The van der Waals surface area contributed by atoms with Crippen molar-refractivity contribution in [1.29, 1.82) is 0 Å². The Hall–Kier alpha value is -2.82. The number of amides is 1. The minimum absolute atomic E-state index is 0.0370. The van der Waals surface area contributed by atoms with Crippen molar-refractivity contribution in [1.82, 2.24) is 5.32 Å². The lowest BCUT2D eigenvalue weighted by Crippen LogP contribution is -2.32. The van der Waals surface area contributed by atoms with Crippen LogP contribution in [0.1, 0.15) is 67.4 Å². The molecule has 2 aromatic carbocycles. The second kappa shape index (κ2) is 10.6. The second-order valence-corrected chi connectivity index (χ2v) is 7.30. The van der Waals surface area contributed by atoms with E-state index in [2.05, 4.69) is 12.2 Å². The lowest BCUT2D eigenvalue weighted by Gasteiger charge is -2.26. The number of hydrogen-bond acceptors (Lipinski definition) is 4. The molecule has 29 heavy (non-hydrogen) atoms. The van der Waals surface area contributed by atoms with E-state index in [9.17, 15) is 9.59 Å². The third-order valence-electron chi connectivity index (χ3n) is 5.07. The summed E-state index contributed by atoms with van der Waals surface area (Å²) in [6, 6.07) is 14.8. The van der Waals surface area contributed by atoms with Crippen LogP contribution in [-0.2, 0) is 4.79 Å². The fraction of sp³-hybridized carbons (Fsp3) is 0.417. The molecule has 0 aliphatic carbocycles. The maximum absolute atomic E-state index is 12.4. The molecule has 1 amide bonds. The molecule has 154 valence electrons. The summed E-state index contributed by atoms with van der Waals surface area (Å²) in [5, 5.41) is 3.03. The van der Waals surface area contributed by atoms with Crippen molar-refractivity contribution in [2.45, 2.75) is 51.5 Å². The maximum Gasteiger partial charge on any atom is 0.220 e. The monoisotopic (exact) mass is 395 g/mol. The Labute approximate surface area is 172 Å². The average Bonchev–Trinajstić information content (AvgIpc) is 2.76. The number of nitrogens with one attached hydrogen (secondary N) is 1. The highest BCUT2D eigenvalue weighted by Gasteiger charge is 2.22. The minimum atomic E-state index is -0.115. The number of carbonyl (C=O) groups excluding carboxylic acids is 2. The van der Waals surface area contributed by atoms with E-state index in [-0.39, 0.29) is 30.6 Å². The van der Waals surface area contributed by atoms with E-state index in [4.69, 9.17) is 9.47 Å². The van der Waals surface area contributed by atoms with Crippen LogP contribution in [0.15, 0.2) is 48.5 Å². The van der Waals surface area contributed by atoms with Gasteiger partial charge < -0.3 is 14.8 Å². The normalized spacial score (nSPS) is 15.1. The summed E-state index contributed by atoms with van der Waals surface area (Å²) < 4.78 is 11.3. The molecule has 0 saturated carbocycles. The Balaban J connectivity index is 1.45. The molecule has 1 heterocycles. The van der Waals surface area contributed by atoms with E-state index in [1.807, 2.05) is 36.4 Å². The Bertz CT molecular complexity index is 816. The first kappa shape index (κ1) is 20.9. The van der Waals surface area contributed by atoms with Gasteiger partial charge in [0.2, 0.25) is 5.91 Å². The molecular weight excluding hydrogens is 366 g/mol. The lowest BCUT2D eigenvalue weighted by molar-refractivity contribution is -0.122. The van der Waals surface area contributed by atoms with Crippen LogP contribution in [0.3, 0.4) is 0 Å². The zero-order chi connectivity index (χ0) is 20.5. The number of carbonyl (C=O) groups is 2. The van der Waals surface area contributed by atoms with Gasteiger partial charge in [-0.1, -0.05) is 38.0 Å². The molecule has 0 saturated heterocycles. The third-order valence-corrected chi connectivity index (χ3v) is 5.07. The highest BCUT2D eigenvalue weighted by Crippen LogP contribution is 2.31. The van der Waals surface area contributed by atoms with Gasteiger partial charge in [-0.15, -0.1) is 0 Å². The maximum atomic E-state index is 12.4. The van der Waals surface area contributed by atoms with E-state index in [1.54, 1.807) is 12.1 Å². The van der Waals surface area contributed by atoms with Gasteiger partial charge in [-0.2, -0.15) is 0 Å². The molecule has 5 nitrogen and oxygen atoms in total. The topological polar surface area (TPSA) is 64.6 Å². The average molecular weight is 395 g/mol. The predicted molar refractivity (Wildman–Crippen MR) is 112 cm³/mol. The van der Waals surface area contributed by atoms with E-state index < -0.39 is 0 Å². The van der Waals surface area contributed by atoms with Gasteiger partial charge in [0.1, 0.15) is 11.5 Å². The van der Waals surface area contributed by atoms with Gasteiger partial charge >= 0.3 is 0 Å². The number of hydrogen-bond donors (Lipinski definition) is 1. The van der Waals surface area contributed by atoms with Crippen molar-refractivity contribution < 1.29 is 19.1 Å². The van der Waals surface area contributed by atoms with Crippen molar-refractivity contribution in [2.75, 3.05) is 13.2 Å². The molecule has 0 bridgehead atoms. The minimum Gasteiger partial charge on any atom is -0.494 e. The summed E-state index contributed by atoms with van der Waals surface area (Å²) in [6.45, 7) is 3.42. The fourth-order valence-corrected chi connectivity index (χ4v) is 3.41. The van der Waals surface area contributed by atoms with Gasteiger partial charge in [0.15, 0.2) is 5.78 Å². The molecule has 2 aromatic rings. The highest BCUT2D eigenvalue weighted by atomic mass is 16.5. The van der Waals surface area contributed by atoms with Crippen LogP contribution in [-0.4, -0.2) is 24.9 Å². The number of benzene rings is 2. The van der Waals surface area contributed by atoms with E-state index in [0.717, 1.165) is 42.7 Å². The zero-order valence-corrected chi connectivity index (χ0v) is 17.0. The van der Waals surface area contributed by atoms with Crippen LogP contribution >= 0.6 is 0 Å². The zero-order valence-electron chi connectivity index (χ0n) is 17.0. The summed E-state index contributed by atoms with van der Waals surface area (Å²) in [5.74, 6) is 1.44. The first-order valence-electron chi connectivity index (χ1n) is 10.4. The number of fused-ring (bicyclic) bond motifs is 1. The molecule has 3 rings (SSSR count). The van der Waals surface area contributed by atoms with Crippen molar-refractivity contribution in [3.8, 4) is 11.5 Å². The molecule has 0 radical (unpaired) electrons. The smallest absolute Gasteiger partial charge is 0.220 e. The van der Waals surface area contributed by atoms with Crippen molar-refractivity contribution in [3.63, 3.8) is 0 Å². The SMILES string of the molecule is CCCCCOc1ccc(C(=O)CCC(=O)NC2CCOc3ccccc32)cc1. The number of para-hydroxylation sites is 1. The Morgan fingerprint density at radius 3 is 2.66 bits per heavy atom. The predicted octanol–water partition coefficient (Wildman–Crippen LogP) is 4.86. The first-order chi connectivity index (χ1) is 14.2. The van der Waals surface area contributed by atoms with Gasteiger partial charge in [-0.25, -0.2) is 0 Å². The largest absolute Gasteiger partial charge is 0.494 e. The van der Waals surface area contributed by atoms with Gasteiger partial charge in [0.05, 0.1) is 19.3 Å². The van der Waals surface area contributed by atoms with Crippen LogP contribution in [0.5, 0.6) is 11.5 Å². The van der Waals surface area contributed by atoms with Crippen molar-refractivity contribution in [2.24, 2.45) is 0 Å². The number of Topliss-reactive ketones (excluding diaryl/α,β-unsaturated/α-hetero) is 1. The van der Waals surface area contributed by atoms with Crippen LogP contribution in [0.4, 0.5) is 0 Å². The second-order valence-electron chi connectivity index (χ2n) is 7.30. The van der Waals surface area contributed by atoms with Crippen LogP contribution < -0.4 is 14.8 Å². The molecule has 1 atom stereocenters. The molecule has 0 spiro atoms. The quantitative estimate of drug-likeness (QED) is 0.461. The first-order valence-corrected chi connectivity index (χ1v) is 10.4. The molecular formula is C24H29NO4. The number of ketones is 1. The number of ether oxygens (including phenoxy) is 2. The highest BCUT2D eigenvalue weighted by molar-refractivity contribution is 5.98. The number of rotatable bonds is 10. The number of unbranched alkanes of at least 4 members (excludes halogenated alkanes) is 2. The molecule has 1 N–H and O–H groups in total. The molecule has 1 aliphatic heterocycles. The summed E-state index contributed by atoms with van der Waals surface area (Å²) in [7, 11) is 0. The molecule has 0 fully saturated rings. The van der Waals surface area contributed by atoms with E-state index >= 15 is 0 Å². The lowest BCUT2D eigenvalue weighted by atomic mass is 10.00. The van der Waals surface area contributed by atoms with Gasteiger partial charge in [0, 0.05) is 30.4 Å². The van der Waals surface area contributed by atoms with E-state index in [1.165, 1.54) is 0 Å². The van der Waals surface area contributed by atoms with E-state index in [0.29, 0.717) is 18.8 Å². The molecule has 1 unspecified atom stereocenters. The Morgan fingerprint density at radius 2 is 1.86 bits per heavy atom. The van der Waals surface area contributed by atoms with Crippen LogP contribution in [0, 0.1) is 0 Å². The fourth-order valence-electron chi connectivity index (χ4n) is 3.41. The van der Waals surface area contributed by atoms with Gasteiger partial charge in [-0.3, -0.25) is 9.59 Å². The summed E-state index contributed by atoms with van der Waals surface area (Å²) in [6.07, 6.45) is 4.44. The Kier molecular flexibility index (Phi) is 7.68. The summed E-state index contributed by atoms with van der Waals surface area (Å²) in [5.41, 5.74) is 1.60. The third kappa shape index (κ3) is 6.08. The van der Waals surface area contributed by atoms with Crippen molar-refractivity contribution in [3.05, 3.63) is 59.7 Å².